The van der Waals surface area contributed by atoms with Gasteiger partial charge in [-0.15, -0.1) is 0 Å². The molecule has 0 amide bonds. The molecular formula is C12H24N2O3S. The summed E-state index contributed by atoms with van der Waals surface area (Å²) in [6.07, 6.45) is 3.49. The smallest absolute Gasteiger partial charge is 0.151 e. The topological polar surface area (TPSA) is 58.6 Å². The maximum Gasteiger partial charge on any atom is 0.151 e. The zero-order valence-electron chi connectivity index (χ0n) is 10.9. The van der Waals surface area contributed by atoms with Crippen molar-refractivity contribution in [2.45, 2.75) is 25.4 Å². The van der Waals surface area contributed by atoms with Crippen LogP contribution in [-0.2, 0) is 14.6 Å². The Hall–Kier alpha value is -0.170. The number of rotatable bonds is 5. The van der Waals surface area contributed by atoms with E-state index in [1.807, 2.05) is 0 Å². The zero-order valence-corrected chi connectivity index (χ0v) is 11.8. The molecule has 2 aliphatic rings. The third kappa shape index (κ3) is 4.84. The highest BCUT2D eigenvalue weighted by atomic mass is 32.2. The summed E-state index contributed by atoms with van der Waals surface area (Å²) >= 11 is 0. The van der Waals surface area contributed by atoms with E-state index < -0.39 is 9.84 Å². The van der Waals surface area contributed by atoms with Crippen molar-refractivity contribution >= 4 is 9.84 Å². The van der Waals surface area contributed by atoms with Crippen LogP contribution in [0.15, 0.2) is 0 Å². The zero-order chi connectivity index (χ0) is 12.8. The van der Waals surface area contributed by atoms with Gasteiger partial charge in [0.2, 0.25) is 0 Å². The average Bonchev–Trinajstić information content (AvgIpc) is 2.77. The van der Waals surface area contributed by atoms with E-state index in [0.29, 0.717) is 24.2 Å². The minimum atomic E-state index is -2.78. The molecule has 0 spiro atoms. The van der Waals surface area contributed by atoms with Gasteiger partial charge in [0.25, 0.3) is 0 Å². The van der Waals surface area contributed by atoms with E-state index in [4.69, 9.17) is 4.74 Å². The fraction of sp³-hybridized carbons (Fsp3) is 1.00. The molecule has 0 saturated carbocycles. The second kappa shape index (κ2) is 6.84. The van der Waals surface area contributed by atoms with Crippen LogP contribution in [0.5, 0.6) is 0 Å². The van der Waals surface area contributed by atoms with E-state index in [1.54, 1.807) is 0 Å². The first-order chi connectivity index (χ1) is 8.66. The highest BCUT2D eigenvalue weighted by Crippen LogP contribution is 2.10. The molecule has 5 nitrogen and oxygen atoms in total. The molecule has 0 aromatic heterocycles. The Balaban J connectivity index is 1.58. The van der Waals surface area contributed by atoms with Gasteiger partial charge in [-0.05, 0) is 25.8 Å². The van der Waals surface area contributed by atoms with Gasteiger partial charge in [0, 0.05) is 32.8 Å². The van der Waals surface area contributed by atoms with E-state index in [0.717, 1.165) is 45.6 Å². The third-order valence-electron chi connectivity index (χ3n) is 3.65. The van der Waals surface area contributed by atoms with Crippen LogP contribution in [0.1, 0.15) is 19.3 Å². The molecule has 0 radical (unpaired) electrons. The minimum Gasteiger partial charge on any atom is -0.377 e. The monoisotopic (exact) mass is 276 g/mol. The van der Waals surface area contributed by atoms with Crippen molar-refractivity contribution in [3.63, 3.8) is 0 Å². The molecule has 18 heavy (non-hydrogen) atoms. The van der Waals surface area contributed by atoms with E-state index in [2.05, 4.69) is 10.2 Å². The summed E-state index contributed by atoms with van der Waals surface area (Å²) in [5, 5.41) is 3.40. The fourth-order valence-electron chi connectivity index (χ4n) is 2.52. The lowest BCUT2D eigenvalue weighted by Crippen LogP contribution is -2.36. The number of nitrogens with zero attached hydrogens (tertiary/aromatic N) is 1. The molecule has 6 heteroatoms. The van der Waals surface area contributed by atoms with Crippen LogP contribution in [0.25, 0.3) is 0 Å². The Kier molecular flexibility index (Phi) is 5.41. The maximum atomic E-state index is 11.5. The second-order valence-electron chi connectivity index (χ2n) is 5.19. The number of hydrogen-bond acceptors (Lipinski definition) is 5. The first-order valence-corrected chi connectivity index (χ1v) is 8.73. The van der Waals surface area contributed by atoms with Crippen LogP contribution >= 0.6 is 0 Å². The largest absolute Gasteiger partial charge is 0.377 e. The number of nitrogens with one attached hydrogen (secondary N) is 1. The lowest BCUT2D eigenvalue weighted by Gasteiger charge is -2.19. The van der Waals surface area contributed by atoms with Crippen LogP contribution < -0.4 is 5.32 Å². The van der Waals surface area contributed by atoms with Gasteiger partial charge in [0.05, 0.1) is 17.6 Å². The van der Waals surface area contributed by atoms with Crippen LogP contribution in [0.2, 0.25) is 0 Å². The van der Waals surface area contributed by atoms with E-state index in [9.17, 15) is 8.42 Å². The summed E-state index contributed by atoms with van der Waals surface area (Å²) in [5.74, 6) is 0.672. The first-order valence-electron chi connectivity index (χ1n) is 6.91. The van der Waals surface area contributed by atoms with Crippen molar-refractivity contribution in [3.8, 4) is 0 Å². The lowest BCUT2D eigenvalue weighted by molar-refractivity contribution is 0.109. The SMILES string of the molecule is O=S1(=O)CCCN(CCNCC2CCCO2)CC1. The van der Waals surface area contributed by atoms with Crippen molar-refractivity contribution < 1.29 is 13.2 Å². The van der Waals surface area contributed by atoms with Crippen LogP contribution in [0.3, 0.4) is 0 Å². The molecule has 2 rings (SSSR count). The minimum absolute atomic E-state index is 0.318. The van der Waals surface area contributed by atoms with Crippen molar-refractivity contribution in [3.05, 3.63) is 0 Å². The molecular weight excluding hydrogens is 252 g/mol. The predicted molar refractivity (Wildman–Crippen MR) is 71.6 cm³/mol. The van der Waals surface area contributed by atoms with E-state index >= 15 is 0 Å². The van der Waals surface area contributed by atoms with Crippen LogP contribution in [-0.4, -0.2) is 70.3 Å². The summed E-state index contributed by atoms with van der Waals surface area (Å²) in [7, 11) is -2.78. The van der Waals surface area contributed by atoms with Gasteiger partial charge in [0.15, 0.2) is 9.84 Å². The average molecular weight is 276 g/mol. The summed E-state index contributed by atoms with van der Waals surface area (Å²) in [6.45, 7) is 5.26. The Bertz CT molecular complexity index is 339. The molecule has 0 aliphatic carbocycles. The molecule has 0 aromatic carbocycles. The molecule has 2 fully saturated rings. The highest BCUT2D eigenvalue weighted by molar-refractivity contribution is 7.91. The van der Waals surface area contributed by atoms with Crippen molar-refractivity contribution in [2.24, 2.45) is 0 Å². The van der Waals surface area contributed by atoms with Crippen molar-refractivity contribution in [1.29, 1.82) is 0 Å². The molecule has 106 valence electrons. The summed E-state index contributed by atoms with van der Waals surface area (Å²) in [6, 6.07) is 0. The maximum absolute atomic E-state index is 11.5. The molecule has 2 saturated heterocycles. The van der Waals surface area contributed by atoms with Crippen LogP contribution in [0, 0.1) is 0 Å². The second-order valence-corrected chi connectivity index (χ2v) is 7.49. The number of sulfone groups is 1. The molecule has 2 heterocycles. The quantitative estimate of drug-likeness (QED) is 0.709. The van der Waals surface area contributed by atoms with Gasteiger partial charge in [-0.3, -0.25) is 0 Å². The van der Waals surface area contributed by atoms with E-state index in [1.165, 1.54) is 6.42 Å². The lowest BCUT2D eigenvalue weighted by atomic mass is 10.2. The summed E-state index contributed by atoms with van der Waals surface area (Å²) < 4.78 is 28.5. The molecule has 0 aromatic rings. The van der Waals surface area contributed by atoms with Gasteiger partial charge < -0.3 is 15.0 Å². The fourth-order valence-corrected chi connectivity index (χ4v) is 3.83. The van der Waals surface area contributed by atoms with E-state index in [-0.39, 0.29) is 0 Å². The normalized spacial score (nSPS) is 29.2. The summed E-state index contributed by atoms with van der Waals surface area (Å²) in [4.78, 5) is 2.24. The molecule has 1 N–H and O–H groups in total. The Morgan fingerprint density at radius 2 is 2.11 bits per heavy atom. The van der Waals surface area contributed by atoms with Crippen molar-refractivity contribution in [2.75, 3.05) is 50.8 Å². The molecule has 1 unspecified atom stereocenters. The Morgan fingerprint density at radius 3 is 2.89 bits per heavy atom. The first kappa shape index (κ1) is 14.2. The Labute approximate surface area is 110 Å². The van der Waals surface area contributed by atoms with Gasteiger partial charge in [-0.2, -0.15) is 0 Å². The highest BCUT2D eigenvalue weighted by Gasteiger charge is 2.19. The number of ether oxygens (including phenoxy) is 1. The third-order valence-corrected chi connectivity index (χ3v) is 5.36. The van der Waals surface area contributed by atoms with Crippen LogP contribution in [0.4, 0.5) is 0 Å². The van der Waals surface area contributed by atoms with Gasteiger partial charge in [-0.25, -0.2) is 8.42 Å². The van der Waals surface area contributed by atoms with Gasteiger partial charge in [0.1, 0.15) is 0 Å². The predicted octanol–water partition coefficient (Wildman–Crippen LogP) is -0.124. The summed E-state index contributed by atoms with van der Waals surface area (Å²) in [5.41, 5.74) is 0. The molecule has 1 atom stereocenters. The molecule has 2 aliphatic heterocycles. The van der Waals surface area contributed by atoms with Crippen molar-refractivity contribution in [1.82, 2.24) is 10.2 Å². The van der Waals surface area contributed by atoms with Gasteiger partial charge in [-0.1, -0.05) is 0 Å². The Morgan fingerprint density at radius 1 is 1.22 bits per heavy atom. The standard InChI is InChI=1S/C12H24N2O3S/c15-18(16)9-2-5-14(7-10-18)6-4-13-11-12-3-1-8-17-12/h12-13H,1-11H2. The molecule has 0 bridgehead atoms. The van der Waals surface area contributed by atoms with Gasteiger partial charge >= 0.3 is 0 Å². The number of hydrogen-bond donors (Lipinski definition) is 1.